The molecule has 7 heteroatoms. The van der Waals surface area contributed by atoms with Gasteiger partial charge < -0.3 is 19.5 Å². The van der Waals surface area contributed by atoms with Gasteiger partial charge in [0, 0.05) is 17.9 Å². The topological polar surface area (TPSA) is 73.9 Å². The van der Waals surface area contributed by atoms with Gasteiger partial charge in [-0.25, -0.2) is 9.59 Å². The van der Waals surface area contributed by atoms with E-state index in [9.17, 15) is 9.59 Å². The summed E-state index contributed by atoms with van der Waals surface area (Å²) in [7, 11) is 2.86. The van der Waals surface area contributed by atoms with Crippen LogP contribution in [0.25, 0.3) is 0 Å². The molecule has 27 heavy (non-hydrogen) atoms. The molecule has 144 valence electrons. The normalized spacial score (nSPS) is 11.4. The molecule has 0 aromatic heterocycles. The minimum Gasteiger partial charge on any atom is -0.496 e. The van der Waals surface area contributed by atoms with E-state index in [2.05, 4.69) is 5.32 Å². The molecular weight excluding hydrogens is 370 g/mol. The monoisotopic (exact) mass is 391 g/mol. The van der Waals surface area contributed by atoms with Gasteiger partial charge >= 0.3 is 12.1 Å². The van der Waals surface area contributed by atoms with Gasteiger partial charge in [0.25, 0.3) is 0 Å². The molecule has 0 spiro atoms. The number of hydrogen-bond donors (Lipinski definition) is 1. The predicted octanol–water partition coefficient (Wildman–Crippen LogP) is 3.40. The van der Waals surface area contributed by atoms with Gasteiger partial charge in [0.05, 0.1) is 20.8 Å². The van der Waals surface area contributed by atoms with Crippen molar-refractivity contribution in [1.82, 2.24) is 5.32 Å². The number of carbonyl (C=O) groups excluding carboxylic acids is 2. The highest BCUT2D eigenvalue weighted by atomic mass is 35.5. The van der Waals surface area contributed by atoms with Gasteiger partial charge in [-0.2, -0.15) is 0 Å². The Morgan fingerprint density at radius 2 is 1.78 bits per heavy atom. The van der Waals surface area contributed by atoms with E-state index < -0.39 is 18.1 Å². The summed E-state index contributed by atoms with van der Waals surface area (Å²) in [5, 5.41) is 3.14. The third-order valence-electron chi connectivity index (χ3n) is 3.93. The zero-order valence-electron chi connectivity index (χ0n) is 15.2. The van der Waals surface area contributed by atoms with Crippen molar-refractivity contribution >= 4 is 23.7 Å². The van der Waals surface area contributed by atoms with E-state index in [1.54, 1.807) is 31.4 Å². The highest BCUT2D eigenvalue weighted by molar-refractivity contribution is 6.30. The van der Waals surface area contributed by atoms with E-state index in [4.69, 9.17) is 25.8 Å². The molecular formula is C20H22ClNO5. The molecule has 0 aliphatic rings. The number of ether oxygens (including phenoxy) is 3. The summed E-state index contributed by atoms with van der Waals surface area (Å²) < 4.78 is 15.2. The van der Waals surface area contributed by atoms with E-state index in [1.807, 2.05) is 24.3 Å². The first kappa shape index (κ1) is 20.6. The molecule has 0 saturated carbocycles. The van der Waals surface area contributed by atoms with E-state index in [0.29, 0.717) is 11.4 Å². The van der Waals surface area contributed by atoms with Gasteiger partial charge in [0.15, 0.2) is 0 Å². The van der Waals surface area contributed by atoms with Gasteiger partial charge in [0.2, 0.25) is 0 Å². The first-order valence-electron chi connectivity index (χ1n) is 8.41. The maximum absolute atomic E-state index is 12.1. The Morgan fingerprint density at radius 3 is 2.44 bits per heavy atom. The van der Waals surface area contributed by atoms with Crippen LogP contribution in [0.4, 0.5) is 4.79 Å². The molecule has 0 saturated heterocycles. The van der Waals surface area contributed by atoms with E-state index in [0.717, 1.165) is 16.9 Å². The molecule has 0 bridgehead atoms. The lowest BCUT2D eigenvalue weighted by Gasteiger charge is -2.17. The Morgan fingerprint density at radius 1 is 1.07 bits per heavy atom. The summed E-state index contributed by atoms with van der Waals surface area (Å²) >= 11 is 5.86. The van der Waals surface area contributed by atoms with Crippen LogP contribution in [0, 0.1) is 0 Å². The van der Waals surface area contributed by atoms with E-state index in [-0.39, 0.29) is 13.0 Å². The van der Waals surface area contributed by atoms with Crippen molar-refractivity contribution in [1.29, 1.82) is 0 Å². The third-order valence-corrected chi connectivity index (χ3v) is 4.18. The molecule has 6 nitrogen and oxygen atoms in total. The third kappa shape index (κ3) is 6.49. The van der Waals surface area contributed by atoms with Crippen LogP contribution in [-0.4, -0.2) is 38.9 Å². The Balaban J connectivity index is 1.89. The minimum absolute atomic E-state index is 0.154. The second-order valence-electron chi connectivity index (χ2n) is 5.75. The summed E-state index contributed by atoms with van der Waals surface area (Å²) in [5.41, 5.74) is 1.77. The van der Waals surface area contributed by atoms with Crippen LogP contribution in [0.3, 0.4) is 0 Å². The molecule has 0 radical (unpaired) electrons. The lowest BCUT2D eigenvalue weighted by molar-refractivity contribution is -0.142. The lowest BCUT2D eigenvalue weighted by atomic mass is 10.1. The molecule has 1 amide bonds. The molecule has 1 unspecified atom stereocenters. The average Bonchev–Trinajstić information content (AvgIpc) is 2.68. The maximum Gasteiger partial charge on any atom is 0.407 e. The summed E-state index contributed by atoms with van der Waals surface area (Å²) in [6, 6.07) is 13.7. The van der Waals surface area contributed by atoms with Crippen molar-refractivity contribution in [3.8, 4) is 5.75 Å². The number of alkyl carbamates (subject to hydrolysis) is 1. The number of carbonyl (C=O) groups is 2. The number of halogens is 1. The Hall–Kier alpha value is -2.73. The largest absolute Gasteiger partial charge is 0.496 e. The van der Waals surface area contributed by atoms with Gasteiger partial charge in [-0.15, -0.1) is 0 Å². The molecule has 0 aliphatic carbocycles. The van der Waals surface area contributed by atoms with Gasteiger partial charge in [-0.05, 0) is 29.3 Å². The fraction of sp³-hybridized carbons (Fsp3) is 0.300. The number of esters is 1. The number of nitrogens with one attached hydrogen (secondary N) is 1. The van der Waals surface area contributed by atoms with Crippen LogP contribution >= 0.6 is 11.6 Å². The van der Waals surface area contributed by atoms with Crippen LogP contribution in [0.2, 0.25) is 5.02 Å². The summed E-state index contributed by atoms with van der Waals surface area (Å²) in [6.45, 7) is 0.154. The number of methoxy groups -OCH3 is 2. The minimum atomic E-state index is -0.852. The predicted molar refractivity (Wildman–Crippen MR) is 102 cm³/mol. The zero-order chi connectivity index (χ0) is 19.6. The smallest absolute Gasteiger partial charge is 0.407 e. The fourth-order valence-electron chi connectivity index (χ4n) is 2.54. The number of hydrogen-bond acceptors (Lipinski definition) is 5. The Labute approximate surface area is 163 Å². The van der Waals surface area contributed by atoms with Gasteiger partial charge in [0.1, 0.15) is 11.8 Å². The fourth-order valence-corrected chi connectivity index (χ4v) is 2.66. The second kappa shape index (κ2) is 10.4. The van der Waals surface area contributed by atoms with Crippen molar-refractivity contribution in [3.05, 3.63) is 64.7 Å². The Bertz CT molecular complexity index is 763. The van der Waals surface area contributed by atoms with Crippen LogP contribution in [0.5, 0.6) is 5.75 Å². The number of benzene rings is 2. The number of rotatable bonds is 8. The highest BCUT2D eigenvalue weighted by Crippen LogP contribution is 2.17. The molecule has 0 heterocycles. The molecule has 0 fully saturated rings. The molecule has 1 N–H and O–H groups in total. The summed E-state index contributed by atoms with van der Waals surface area (Å²) in [4.78, 5) is 24.0. The first-order chi connectivity index (χ1) is 13.0. The van der Waals surface area contributed by atoms with E-state index >= 15 is 0 Å². The van der Waals surface area contributed by atoms with Crippen LogP contribution < -0.4 is 10.1 Å². The quantitative estimate of drug-likeness (QED) is 0.698. The van der Waals surface area contributed by atoms with Crippen LogP contribution in [0.1, 0.15) is 11.1 Å². The Kier molecular flexibility index (Phi) is 7.95. The second-order valence-corrected chi connectivity index (χ2v) is 6.18. The highest BCUT2D eigenvalue weighted by Gasteiger charge is 2.22. The first-order valence-corrected chi connectivity index (χ1v) is 8.78. The number of para-hydroxylation sites is 1. The molecule has 2 aromatic carbocycles. The molecule has 0 aliphatic heterocycles. The summed E-state index contributed by atoms with van der Waals surface area (Å²) in [6.07, 6.45) is 0.0810. The zero-order valence-corrected chi connectivity index (χ0v) is 16.0. The van der Waals surface area contributed by atoms with Crippen LogP contribution in [-0.2, 0) is 27.1 Å². The lowest BCUT2D eigenvalue weighted by Crippen LogP contribution is -2.43. The number of amides is 1. The maximum atomic E-state index is 12.1. The molecule has 1 atom stereocenters. The SMILES string of the molecule is COC(=O)C(Cc1ccc(Cl)cc1)NC(=O)OCCc1ccccc1OC. The van der Waals surface area contributed by atoms with Crippen molar-refractivity contribution in [3.63, 3.8) is 0 Å². The molecule has 2 rings (SSSR count). The van der Waals surface area contributed by atoms with Crippen molar-refractivity contribution in [2.24, 2.45) is 0 Å². The van der Waals surface area contributed by atoms with Crippen LogP contribution in [0.15, 0.2) is 48.5 Å². The van der Waals surface area contributed by atoms with Gasteiger partial charge in [-0.3, -0.25) is 0 Å². The van der Waals surface area contributed by atoms with Gasteiger partial charge in [-0.1, -0.05) is 41.9 Å². The van der Waals surface area contributed by atoms with Crippen molar-refractivity contribution in [2.45, 2.75) is 18.9 Å². The molecule has 2 aromatic rings. The standard InChI is InChI=1S/C20H22ClNO5/c1-25-18-6-4-3-5-15(18)11-12-27-20(24)22-17(19(23)26-2)13-14-7-9-16(21)10-8-14/h3-10,17H,11-13H2,1-2H3,(H,22,24). The van der Waals surface area contributed by atoms with Crippen molar-refractivity contribution in [2.75, 3.05) is 20.8 Å². The van der Waals surface area contributed by atoms with Crippen molar-refractivity contribution < 1.29 is 23.8 Å². The average molecular weight is 392 g/mol. The summed E-state index contributed by atoms with van der Waals surface area (Å²) in [5.74, 6) is 0.184. The van der Waals surface area contributed by atoms with E-state index in [1.165, 1.54) is 7.11 Å².